The number of hydrogen-bond donors (Lipinski definition) is 1. The van der Waals surface area contributed by atoms with Gasteiger partial charge in [-0.25, -0.2) is 0 Å². The van der Waals surface area contributed by atoms with E-state index >= 15 is 0 Å². The van der Waals surface area contributed by atoms with Gasteiger partial charge in [0.05, 0.1) is 11.7 Å². The van der Waals surface area contributed by atoms with Crippen LogP contribution in [0, 0.1) is 5.92 Å². The van der Waals surface area contributed by atoms with E-state index in [-0.39, 0.29) is 5.60 Å². The maximum Gasteiger partial charge on any atom is 0.0698 e. The number of rotatable bonds is 6. The van der Waals surface area contributed by atoms with E-state index in [4.69, 9.17) is 4.74 Å². The van der Waals surface area contributed by atoms with Gasteiger partial charge >= 0.3 is 0 Å². The van der Waals surface area contributed by atoms with Crippen LogP contribution in [0.15, 0.2) is 0 Å². The van der Waals surface area contributed by atoms with Crippen molar-refractivity contribution in [3.63, 3.8) is 0 Å². The van der Waals surface area contributed by atoms with Gasteiger partial charge in [0.15, 0.2) is 0 Å². The minimum absolute atomic E-state index is 0.215. The van der Waals surface area contributed by atoms with Crippen LogP contribution in [0.1, 0.15) is 46.5 Å². The molecule has 1 aliphatic rings. The molecule has 2 nitrogen and oxygen atoms in total. The van der Waals surface area contributed by atoms with E-state index in [1.54, 1.807) is 0 Å². The lowest BCUT2D eigenvalue weighted by Crippen LogP contribution is -2.45. The largest absolute Gasteiger partial charge is 0.372 e. The second-order valence-corrected chi connectivity index (χ2v) is 4.96. The van der Waals surface area contributed by atoms with Gasteiger partial charge in [0.25, 0.3) is 0 Å². The minimum atomic E-state index is 0.215. The average molecular weight is 199 g/mol. The first kappa shape index (κ1) is 12.0. The van der Waals surface area contributed by atoms with Crippen molar-refractivity contribution >= 4 is 0 Å². The lowest BCUT2D eigenvalue weighted by molar-refractivity contribution is -0.149. The predicted octanol–water partition coefficient (Wildman–Crippen LogP) is 2.58. The number of nitrogens with one attached hydrogen (secondary N) is 1. The molecule has 1 atom stereocenters. The van der Waals surface area contributed by atoms with Crippen LogP contribution in [0.3, 0.4) is 0 Å². The highest BCUT2D eigenvalue weighted by Crippen LogP contribution is 2.40. The highest BCUT2D eigenvalue weighted by Gasteiger charge is 2.38. The first-order valence-corrected chi connectivity index (χ1v) is 5.92. The SMILES string of the molecule is CNCCC1(OC(C)C(C)C)CCC1. The van der Waals surface area contributed by atoms with Crippen molar-refractivity contribution < 1.29 is 4.74 Å². The molecule has 1 saturated carbocycles. The van der Waals surface area contributed by atoms with Crippen molar-refractivity contribution in [2.45, 2.75) is 58.2 Å². The Kier molecular flexibility index (Phi) is 4.39. The van der Waals surface area contributed by atoms with Gasteiger partial charge in [0.2, 0.25) is 0 Å². The van der Waals surface area contributed by atoms with E-state index < -0.39 is 0 Å². The van der Waals surface area contributed by atoms with Gasteiger partial charge in [0.1, 0.15) is 0 Å². The molecule has 0 heterocycles. The molecule has 1 rings (SSSR count). The van der Waals surface area contributed by atoms with E-state index in [2.05, 4.69) is 26.1 Å². The molecule has 0 spiro atoms. The van der Waals surface area contributed by atoms with Crippen LogP contribution < -0.4 is 5.32 Å². The molecule has 84 valence electrons. The van der Waals surface area contributed by atoms with E-state index in [1.807, 2.05) is 7.05 Å². The first-order chi connectivity index (χ1) is 6.59. The van der Waals surface area contributed by atoms with Crippen LogP contribution in [-0.2, 0) is 4.74 Å². The molecule has 0 aliphatic heterocycles. The molecule has 0 radical (unpaired) electrons. The maximum absolute atomic E-state index is 6.20. The maximum atomic E-state index is 6.20. The summed E-state index contributed by atoms with van der Waals surface area (Å²) in [6.45, 7) is 7.74. The zero-order valence-electron chi connectivity index (χ0n) is 10.1. The topological polar surface area (TPSA) is 21.3 Å². The summed E-state index contributed by atoms with van der Waals surface area (Å²) in [4.78, 5) is 0. The van der Waals surface area contributed by atoms with Crippen molar-refractivity contribution in [2.24, 2.45) is 5.92 Å². The third-order valence-electron chi connectivity index (χ3n) is 3.47. The van der Waals surface area contributed by atoms with Gasteiger partial charge < -0.3 is 10.1 Å². The molecule has 1 fully saturated rings. The average Bonchev–Trinajstić information content (AvgIpc) is 2.08. The van der Waals surface area contributed by atoms with Gasteiger partial charge in [-0.05, 0) is 52.1 Å². The normalized spacial score (nSPS) is 22.1. The van der Waals surface area contributed by atoms with Gasteiger partial charge in [-0.3, -0.25) is 0 Å². The number of hydrogen-bond acceptors (Lipinski definition) is 2. The summed E-state index contributed by atoms with van der Waals surface area (Å²) in [5.41, 5.74) is 0.215. The minimum Gasteiger partial charge on any atom is -0.372 e. The van der Waals surface area contributed by atoms with Crippen LogP contribution in [0.4, 0.5) is 0 Å². The summed E-state index contributed by atoms with van der Waals surface area (Å²) < 4.78 is 6.20. The second kappa shape index (κ2) is 5.13. The Bertz CT molecular complexity index is 164. The molecule has 0 amide bonds. The van der Waals surface area contributed by atoms with Crippen LogP contribution in [0.25, 0.3) is 0 Å². The quantitative estimate of drug-likeness (QED) is 0.710. The number of ether oxygens (including phenoxy) is 1. The third kappa shape index (κ3) is 2.96. The molecule has 1 unspecified atom stereocenters. The smallest absolute Gasteiger partial charge is 0.0698 e. The van der Waals surface area contributed by atoms with Crippen molar-refractivity contribution in [3.8, 4) is 0 Å². The lowest BCUT2D eigenvalue weighted by atomic mass is 9.77. The Morgan fingerprint density at radius 3 is 2.29 bits per heavy atom. The molecule has 0 aromatic carbocycles. The van der Waals surface area contributed by atoms with E-state index in [0.29, 0.717) is 12.0 Å². The van der Waals surface area contributed by atoms with Gasteiger partial charge in [-0.1, -0.05) is 13.8 Å². The summed E-state index contributed by atoms with van der Waals surface area (Å²) in [5.74, 6) is 0.627. The molecule has 1 N–H and O–H groups in total. The van der Waals surface area contributed by atoms with Crippen LogP contribution in [0.2, 0.25) is 0 Å². The van der Waals surface area contributed by atoms with E-state index in [9.17, 15) is 0 Å². The monoisotopic (exact) mass is 199 g/mol. The molecular weight excluding hydrogens is 174 g/mol. The Morgan fingerprint density at radius 1 is 1.29 bits per heavy atom. The fraction of sp³-hybridized carbons (Fsp3) is 1.00. The Hall–Kier alpha value is -0.0800. The van der Waals surface area contributed by atoms with E-state index in [0.717, 1.165) is 6.54 Å². The molecule has 1 aliphatic carbocycles. The molecule has 0 saturated heterocycles. The van der Waals surface area contributed by atoms with Crippen molar-refractivity contribution in [3.05, 3.63) is 0 Å². The zero-order chi connectivity index (χ0) is 10.6. The Morgan fingerprint density at radius 2 is 1.93 bits per heavy atom. The Balaban J connectivity index is 2.36. The fourth-order valence-electron chi connectivity index (χ4n) is 1.88. The lowest BCUT2D eigenvalue weighted by Gasteiger charge is -2.44. The highest BCUT2D eigenvalue weighted by molar-refractivity contribution is 4.91. The van der Waals surface area contributed by atoms with Gasteiger partial charge in [0, 0.05) is 0 Å². The summed E-state index contributed by atoms with van der Waals surface area (Å²) >= 11 is 0. The zero-order valence-corrected chi connectivity index (χ0v) is 10.1. The van der Waals surface area contributed by atoms with Crippen LogP contribution in [-0.4, -0.2) is 25.3 Å². The molecule has 14 heavy (non-hydrogen) atoms. The van der Waals surface area contributed by atoms with Crippen molar-refractivity contribution in [2.75, 3.05) is 13.6 Å². The summed E-state index contributed by atoms with van der Waals surface area (Å²) in [5, 5.41) is 3.21. The van der Waals surface area contributed by atoms with Gasteiger partial charge in [-0.15, -0.1) is 0 Å². The molecular formula is C12H25NO. The Labute approximate surface area is 88.4 Å². The van der Waals surface area contributed by atoms with Crippen molar-refractivity contribution in [1.29, 1.82) is 0 Å². The fourth-order valence-corrected chi connectivity index (χ4v) is 1.88. The standard InChI is InChI=1S/C12H25NO/c1-10(2)11(3)14-12(6-5-7-12)8-9-13-4/h10-11,13H,5-9H2,1-4H3. The summed E-state index contributed by atoms with van der Waals surface area (Å²) in [6, 6.07) is 0. The second-order valence-electron chi connectivity index (χ2n) is 4.96. The highest BCUT2D eigenvalue weighted by atomic mass is 16.5. The molecule has 0 aromatic heterocycles. The molecule has 2 heteroatoms. The summed E-state index contributed by atoms with van der Waals surface area (Å²) in [6.07, 6.45) is 5.42. The van der Waals surface area contributed by atoms with E-state index in [1.165, 1.54) is 25.7 Å². The third-order valence-corrected chi connectivity index (χ3v) is 3.47. The first-order valence-electron chi connectivity index (χ1n) is 5.92. The van der Waals surface area contributed by atoms with Gasteiger partial charge in [-0.2, -0.15) is 0 Å². The predicted molar refractivity (Wildman–Crippen MR) is 60.5 cm³/mol. The molecule has 0 bridgehead atoms. The van der Waals surface area contributed by atoms with Crippen LogP contribution in [0.5, 0.6) is 0 Å². The summed E-state index contributed by atoms with van der Waals surface area (Å²) in [7, 11) is 2.01. The molecule has 0 aromatic rings. The van der Waals surface area contributed by atoms with Crippen LogP contribution >= 0.6 is 0 Å². The van der Waals surface area contributed by atoms with Crippen molar-refractivity contribution in [1.82, 2.24) is 5.32 Å².